The van der Waals surface area contributed by atoms with Gasteiger partial charge in [0.2, 0.25) is 0 Å². The molecule has 6 nitrogen and oxygen atoms in total. The van der Waals surface area contributed by atoms with E-state index in [1.165, 1.54) is 32.6 Å². The molecule has 12 aromatic rings. The van der Waals surface area contributed by atoms with Crippen LogP contribution in [-0.2, 0) is 0 Å². The highest BCUT2D eigenvalue weighted by Gasteiger charge is 2.30. The van der Waals surface area contributed by atoms with E-state index in [1.54, 1.807) is 0 Å². The summed E-state index contributed by atoms with van der Waals surface area (Å²) in [7, 11) is 2.10. The van der Waals surface area contributed by atoms with Gasteiger partial charge in [-0.1, -0.05) is 158 Å². The van der Waals surface area contributed by atoms with Gasteiger partial charge in [-0.15, -0.1) is 0 Å². The lowest BCUT2D eigenvalue weighted by Gasteiger charge is -2.32. The highest BCUT2D eigenvalue weighted by Crippen LogP contribution is 2.44. The average molecular weight is 821 g/mol. The molecular weight excluding hydrogens is 781 g/mol. The summed E-state index contributed by atoms with van der Waals surface area (Å²) in [5.74, 6) is 1.57. The van der Waals surface area contributed by atoms with Crippen LogP contribution in [0.25, 0.3) is 82.5 Å². The molecule has 1 aliphatic rings. The minimum atomic E-state index is -0.304. The molecule has 1 aliphatic heterocycles. The highest BCUT2D eigenvalue weighted by atomic mass is 15.3. The van der Waals surface area contributed by atoms with Gasteiger partial charge in [-0.25, -0.2) is 9.98 Å². The van der Waals surface area contributed by atoms with E-state index in [0.29, 0.717) is 5.84 Å². The largest absolute Gasteiger partial charge is 0.333 e. The molecule has 3 aromatic heterocycles. The second kappa shape index (κ2) is 14.3. The van der Waals surface area contributed by atoms with Gasteiger partial charge in [-0.2, -0.15) is 0 Å². The van der Waals surface area contributed by atoms with Crippen LogP contribution in [0.4, 0.5) is 0 Å². The Morgan fingerprint density at radius 1 is 0.391 bits per heavy atom. The van der Waals surface area contributed by atoms with Crippen molar-refractivity contribution >= 4 is 77.1 Å². The summed E-state index contributed by atoms with van der Waals surface area (Å²) in [6, 6.07) is 78.3. The number of para-hydroxylation sites is 5. The first-order chi connectivity index (χ1) is 31.7. The molecular formula is C58H40N6. The minimum Gasteiger partial charge on any atom is -0.333 e. The summed E-state index contributed by atoms with van der Waals surface area (Å²) in [6.45, 7) is 0. The summed E-state index contributed by atoms with van der Waals surface area (Å²) in [5.41, 5.74) is 13.2. The van der Waals surface area contributed by atoms with Gasteiger partial charge < -0.3 is 18.6 Å². The average Bonchev–Trinajstić information content (AvgIpc) is 4.01. The first-order valence-electron chi connectivity index (χ1n) is 21.8. The van der Waals surface area contributed by atoms with Crippen LogP contribution in [0.5, 0.6) is 0 Å². The van der Waals surface area contributed by atoms with Crippen molar-refractivity contribution in [2.24, 2.45) is 9.98 Å². The molecule has 0 N–H and O–H groups in total. The molecule has 13 rings (SSSR count). The van der Waals surface area contributed by atoms with Crippen molar-refractivity contribution in [3.8, 4) is 17.1 Å². The van der Waals surface area contributed by atoms with Crippen LogP contribution in [0.3, 0.4) is 0 Å². The maximum atomic E-state index is 5.63. The zero-order chi connectivity index (χ0) is 42.3. The van der Waals surface area contributed by atoms with Gasteiger partial charge in [0.1, 0.15) is 12.0 Å². The lowest BCUT2D eigenvalue weighted by molar-refractivity contribution is 0.383. The zero-order valence-electron chi connectivity index (χ0n) is 35.0. The van der Waals surface area contributed by atoms with Crippen molar-refractivity contribution in [2.75, 3.05) is 7.05 Å². The number of fused-ring (bicyclic) bond motifs is 10. The molecule has 64 heavy (non-hydrogen) atoms. The predicted molar refractivity (Wildman–Crippen MR) is 266 cm³/mol. The fourth-order valence-corrected chi connectivity index (χ4v) is 10.3. The van der Waals surface area contributed by atoms with Gasteiger partial charge in [0, 0.05) is 67.6 Å². The molecule has 0 fully saturated rings. The van der Waals surface area contributed by atoms with Crippen molar-refractivity contribution in [3.63, 3.8) is 0 Å². The standard InChI is InChI=1S/C58H40N6/c1-61-57(38-20-6-2-7-21-38)59-56(60-58(61)39-22-8-3-9-23-39)47-36-42(37-52-53(47)45-29-15-18-32-49(45)63(52)41-26-12-5-13-27-41)64-48-31-17-14-28-43(48)44-34-35-51-54(55(44)64)46-30-16-19-33-50(46)62(51)40-24-10-4-11-25-40/h2-37,57H,1H3. The monoisotopic (exact) mass is 820 g/mol. The molecule has 4 heterocycles. The molecule has 1 unspecified atom stereocenters. The van der Waals surface area contributed by atoms with E-state index < -0.39 is 0 Å². The number of amidine groups is 2. The second-order valence-electron chi connectivity index (χ2n) is 16.6. The molecule has 302 valence electrons. The number of hydrogen-bond donors (Lipinski definition) is 0. The van der Waals surface area contributed by atoms with Crippen LogP contribution in [0, 0.1) is 0 Å². The lowest BCUT2D eigenvalue weighted by atomic mass is 10.0. The van der Waals surface area contributed by atoms with E-state index in [9.17, 15) is 0 Å². The molecule has 6 heteroatoms. The molecule has 1 atom stereocenters. The van der Waals surface area contributed by atoms with E-state index >= 15 is 0 Å². The third-order valence-corrected chi connectivity index (χ3v) is 13.0. The molecule has 0 amide bonds. The van der Waals surface area contributed by atoms with E-state index in [2.05, 4.69) is 244 Å². The molecule has 0 saturated carbocycles. The van der Waals surface area contributed by atoms with Crippen LogP contribution < -0.4 is 0 Å². The quantitative estimate of drug-likeness (QED) is 0.165. The number of nitrogens with zero attached hydrogens (tertiary/aromatic N) is 6. The minimum absolute atomic E-state index is 0.304. The van der Waals surface area contributed by atoms with Crippen LogP contribution in [0.15, 0.2) is 228 Å². The van der Waals surface area contributed by atoms with E-state index in [4.69, 9.17) is 9.98 Å². The topological polar surface area (TPSA) is 42.8 Å². The first-order valence-corrected chi connectivity index (χ1v) is 21.8. The number of aliphatic imine (C=N–C) groups is 2. The molecule has 0 spiro atoms. The third-order valence-electron chi connectivity index (χ3n) is 13.0. The Labute approximate surface area is 369 Å². The number of benzene rings is 9. The smallest absolute Gasteiger partial charge is 0.160 e. The van der Waals surface area contributed by atoms with Gasteiger partial charge in [-0.05, 0) is 66.2 Å². The van der Waals surface area contributed by atoms with E-state index in [-0.39, 0.29) is 6.17 Å². The van der Waals surface area contributed by atoms with E-state index in [0.717, 1.165) is 72.4 Å². The summed E-state index contributed by atoms with van der Waals surface area (Å²) >= 11 is 0. The maximum Gasteiger partial charge on any atom is 0.160 e. The Bertz CT molecular complexity index is 3840. The fourth-order valence-electron chi connectivity index (χ4n) is 10.3. The second-order valence-corrected chi connectivity index (χ2v) is 16.6. The Morgan fingerprint density at radius 2 is 0.906 bits per heavy atom. The SMILES string of the molecule is CN1C(c2ccccc2)=NC(c2cc(-n3c4ccccc4c4ccc5c(c6ccccc6n5-c5ccccc5)c43)cc3c2c2ccccc2n3-c2ccccc2)=NC1c1ccccc1. The van der Waals surface area contributed by atoms with Crippen molar-refractivity contribution in [3.05, 3.63) is 235 Å². The van der Waals surface area contributed by atoms with Gasteiger partial charge in [0.15, 0.2) is 5.84 Å². The fraction of sp³-hybridized carbons (Fsp3) is 0.0345. The highest BCUT2D eigenvalue weighted by molar-refractivity contribution is 6.27. The number of aromatic nitrogens is 3. The van der Waals surface area contributed by atoms with Gasteiger partial charge in [0.05, 0.1) is 33.1 Å². The van der Waals surface area contributed by atoms with Gasteiger partial charge >= 0.3 is 0 Å². The Kier molecular flexibility index (Phi) is 8.09. The van der Waals surface area contributed by atoms with Crippen molar-refractivity contribution < 1.29 is 0 Å². The normalized spacial score (nSPS) is 14.3. The predicted octanol–water partition coefficient (Wildman–Crippen LogP) is 13.8. The van der Waals surface area contributed by atoms with Gasteiger partial charge in [-0.3, -0.25) is 0 Å². The van der Waals surface area contributed by atoms with Crippen molar-refractivity contribution in [1.29, 1.82) is 0 Å². The first kappa shape index (κ1) is 36.2. The maximum absolute atomic E-state index is 5.63. The lowest BCUT2D eigenvalue weighted by Crippen LogP contribution is -2.35. The van der Waals surface area contributed by atoms with Crippen LogP contribution >= 0.6 is 0 Å². The molecule has 0 radical (unpaired) electrons. The Balaban J connectivity index is 1.20. The van der Waals surface area contributed by atoms with Crippen molar-refractivity contribution in [1.82, 2.24) is 18.6 Å². The third kappa shape index (κ3) is 5.39. The molecule has 0 aliphatic carbocycles. The summed E-state index contributed by atoms with van der Waals surface area (Å²) in [6.07, 6.45) is -0.304. The Hall–Kier alpha value is -8.48. The molecule has 9 aromatic carbocycles. The molecule has 0 bridgehead atoms. The van der Waals surface area contributed by atoms with Crippen molar-refractivity contribution in [2.45, 2.75) is 6.17 Å². The van der Waals surface area contributed by atoms with Gasteiger partial charge in [0.25, 0.3) is 0 Å². The Morgan fingerprint density at radius 3 is 1.55 bits per heavy atom. The van der Waals surface area contributed by atoms with Crippen LogP contribution in [-0.4, -0.2) is 37.3 Å². The summed E-state index contributed by atoms with van der Waals surface area (Å²) in [4.78, 5) is 13.4. The number of hydrogen-bond acceptors (Lipinski definition) is 3. The summed E-state index contributed by atoms with van der Waals surface area (Å²) < 4.78 is 7.32. The van der Waals surface area contributed by atoms with Crippen LogP contribution in [0.2, 0.25) is 0 Å². The van der Waals surface area contributed by atoms with E-state index in [1.807, 2.05) is 0 Å². The molecule has 0 saturated heterocycles. The number of rotatable bonds is 6. The zero-order valence-corrected chi connectivity index (χ0v) is 35.0. The summed E-state index contributed by atoms with van der Waals surface area (Å²) in [5, 5.41) is 7.08. The van der Waals surface area contributed by atoms with Crippen LogP contribution in [0.1, 0.15) is 22.9 Å².